The molecule has 0 saturated heterocycles. The largest absolute Gasteiger partial charge is 0.352 e. The number of amides is 1. The normalized spacial score (nSPS) is 23.3. The Bertz CT molecular complexity index is 458. The fourth-order valence-electron chi connectivity index (χ4n) is 3.39. The molecule has 0 heterocycles. The van der Waals surface area contributed by atoms with E-state index >= 15 is 0 Å². The van der Waals surface area contributed by atoms with E-state index in [9.17, 15) is 4.79 Å². The minimum Gasteiger partial charge on any atom is -0.352 e. The highest BCUT2D eigenvalue weighted by Crippen LogP contribution is 2.24. The zero-order chi connectivity index (χ0) is 15.9. The monoisotopic (exact) mass is 302 g/mol. The minimum atomic E-state index is 0.125. The van der Waals surface area contributed by atoms with Crippen molar-refractivity contribution in [3.63, 3.8) is 0 Å². The van der Waals surface area contributed by atoms with Crippen molar-refractivity contribution >= 4 is 5.91 Å². The molecule has 0 spiro atoms. The summed E-state index contributed by atoms with van der Waals surface area (Å²) in [6, 6.07) is 11.0. The predicted octanol–water partition coefficient (Wildman–Crippen LogP) is 3.67. The molecular formula is C19H30N2O. The molecule has 0 aliphatic heterocycles. The first-order valence-corrected chi connectivity index (χ1v) is 8.65. The van der Waals surface area contributed by atoms with Crippen molar-refractivity contribution in [2.45, 2.75) is 58.5 Å². The van der Waals surface area contributed by atoms with Crippen LogP contribution in [0.4, 0.5) is 0 Å². The summed E-state index contributed by atoms with van der Waals surface area (Å²) < 4.78 is 0. The van der Waals surface area contributed by atoms with Crippen LogP contribution in [0.3, 0.4) is 0 Å². The van der Waals surface area contributed by atoms with Crippen molar-refractivity contribution < 1.29 is 4.79 Å². The van der Waals surface area contributed by atoms with E-state index in [1.165, 1.54) is 24.8 Å². The Morgan fingerprint density at radius 2 is 1.86 bits per heavy atom. The van der Waals surface area contributed by atoms with Gasteiger partial charge >= 0.3 is 0 Å². The first-order chi connectivity index (χ1) is 10.6. The van der Waals surface area contributed by atoms with Gasteiger partial charge in [0.15, 0.2) is 0 Å². The van der Waals surface area contributed by atoms with Gasteiger partial charge < -0.3 is 10.6 Å². The van der Waals surface area contributed by atoms with E-state index in [0.29, 0.717) is 24.4 Å². The first kappa shape index (κ1) is 17.0. The van der Waals surface area contributed by atoms with Gasteiger partial charge in [-0.2, -0.15) is 0 Å². The smallest absolute Gasteiger partial charge is 0.234 e. The molecule has 2 N–H and O–H groups in total. The van der Waals surface area contributed by atoms with Crippen LogP contribution in [0.15, 0.2) is 30.3 Å². The van der Waals surface area contributed by atoms with Crippen molar-refractivity contribution in [2.75, 3.05) is 6.54 Å². The van der Waals surface area contributed by atoms with Gasteiger partial charge in [-0.1, -0.05) is 63.9 Å². The number of benzene rings is 1. The summed E-state index contributed by atoms with van der Waals surface area (Å²) in [6.45, 7) is 7.01. The third-order valence-corrected chi connectivity index (χ3v) is 4.77. The number of nitrogens with one attached hydrogen (secondary N) is 2. The second-order valence-corrected chi connectivity index (χ2v) is 6.95. The van der Waals surface area contributed by atoms with Gasteiger partial charge in [0.25, 0.3) is 0 Å². The fourth-order valence-corrected chi connectivity index (χ4v) is 3.39. The van der Waals surface area contributed by atoms with Crippen LogP contribution in [-0.2, 0) is 4.79 Å². The van der Waals surface area contributed by atoms with Crippen LogP contribution in [-0.4, -0.2) is 18.5 Å². The number of carbonyl (C=O) groups is 1. The maximum atomic E-state index is 12.2. The Labute approximate surface area is 134 Å². The summed E-state index contributed by atoms with van der Waals surface area (Å²) in [4.78, 5) is 12.2. The van der Waals surface area contributed by atoms with Gasteiger partial charge in [-0.3, -0.25) is 4.79 Å². The molecule has 3 atom stereocenters. The van der Waals surface area contributed by atoms with Gasteiger partial charge in [-0.05, 0) is 30.2 Å². The van der Waals surface area contributed by atoms with Crippen molar-refractivity contribution in [2.24, 2.45) is 11.8 Å². The number of rotatable bonds is 6. The van der Waals surface area contributed by atoms with Crippen molar-refractivity contribution in [1.82, 2.24) is 10.6 Å². The minimum absolute atomic E-state index is 0.125. The second kappa shape index (κ2) is 8.33. The molecule has 1 amide bonds. The van der Waals surface area contributed by atoms with E-state index in [-0.39, 0.29) is 11.9 Å². The van der Waals surface area contributed by atoms with Gasteiger partial charge in [-0.25, -0.2) is 0 Å². The maximum absolute atomic E-state index is 12.2. The van der Waals surface area contributed by atoms with E-state index in [1.54, 1.807) is 0 Å². The molecule has 1 fully saturated rings. The lowest BCUT2D eigenvalue weighted by Crippen LogP contribution is -2.45. The Kier molecular flexibility index (Phi) is 6.44. The molecule has 0 bridgehead atoms. The zero-order valence-electron chi connectivity index (χ0n) is 14.1. The number of hydrogen-bond acceptors (Lipinski definition) is 2. The molecular weight excluding hydrogens is 272 g/mol. The van der Waals surface area contributed by atoms with Crippen LogP contribution in [0.25, 0.3) is 0 Å². The highest BCUT2D eigenvalue weighted by Gasteiger charge is 2.23. The zero-order valence-corrected chi connectivity index (χ0v) is 14.1. The number of hydrogen-bond donors (Lipinski definition) is 2. The Balaban J connectivity index is 1.85. The van der Waals surface area contributed by atoms with E-state index in [4.69, 9.17) is 0 Å². The van der Waals surface area contributed by atoms with Crippen LogP contribution < -0.4 is 10.6 Å². The molecule has 1 aliphatic rings. The molecule has 22 heavy (non-hydrogen) atoms. The van der Waals surface area contributed by atoms with Gasteiger partial charge in [0, 0.05) is 12.1 Å². The topological polar surface area (TPSA) is 41.1 Å². The molecule has 1 aromatic carbocycles. The van der Waals surface area contributed by atoms with E-state index in [0.717, 1.165) is 6.42 Å². The van der Waals surface area contributed by atoms with E-state index < -0.39 is 0 Å². The lowest BCUT2D eigenvalue weighted by atomic mass is 9.86. The molecule has 3 heteroatoms. The van der Waals surface area contributed by atoms with Gasteiger partial charge in [0.2, 0.25) is 5.91 Å². The second-order valence-electron chi connectivity index (χ2n) is 6.95. The summed E-state index contributed by atoms with van der Waals surface area (Å²) in [5.74, 6) is 1.18. The number of carbonyl (C=O) groups excluding carboxylic acids is 1. The van der Waals surface area contributed by atoms with E-state index in [2.05, 4.69) is 55.7 Å². The van der Waals surface area contributed by atoms with E-state index in [1.807, 2.05) is 6.07 Å². The maximum Gasteiger partial charge on any atom is 0.234 e. The quantitative estimate of drug-likeness (QED) is 0.842. The molecule has 0 aromatic heterocycles. The summed E-state index contributed by atoms with van der Waals surface area (Å²) in [5.41, 5.74) is 1.25. The highest BCUT2D eigenvalue weighted by molar-refractivity contribution is 5.78. The van der Waals surface area contributed by atoms with Crippen LogP contribution >= 0.6 is 0 Å². The fraction of sp³-hybridized carbons (Fsp3) is 0.632. The van der Waals surface area contributed by atoms with Gasteiger partial charge in [0.1, 0.15) is 0 Å². The van der Waals surface area contributed by atoms with Crippen LogP contribution in [0, 0.1) is 11.8 Å². The highest BCUT2D eigenvalue weighted by atomic mass is 16.2. The molecule has 3 nitrogen and oxygen atoms in total. The third-order valence-electron chi connectivity index (χ3n) is 4.77. The molecule has 0 unspecified atom stereocenters. The van der Waals surface area contributed by atoms with Crippen LogP contribution in [0.2, 0.25) is 0 Å². The van der Waals surface area contributed by atoms with Gasteiger partial charge in [-0.15, -0.1) is 0 Å². The third kappa shape index (κ3) is 4.84. The van der Waals surface area contributed by atoms with Gasteiger partial charge in [0.05, 0.1) is 6.54 Å². The average Bonchev–Trinajstić information content (AvgIpc) is 2.50. The van der Waals surface area contributed by atoms with Crippen molar-refractivity contribution in [3.05, 3.63) is 35.9 Å². The standard InChI is InChI=1S/C19H30N2O/c1-14(2)19(16-10-5-4-6-11-16)20-13-18(22)21-17-12-8-7-9-15(17)3/h4-6,10-11,14-15,17,19-20H,7-9,12-13H2,1-3H3,(H,21,22)/t15-,17-,19-/m1/s1. The Morgan fingerprint density at radius 1 is 1.18 bits per heavy atom. The van der Waals surface area contributed by atoms with Crippen LogP contribution in [0.1, 0.15) is 58.1 Å². The molecule has 122 valence electrons. The Morgan fingerprint density at radius 3 is 2.50 bits per heavy atom. The summed E-state index contributed by atoms with van der Waals surface area (Å²) >= 11 is 0. The predicted molar refractivity (Wildman–Crippen MR) is 91.6 cm³/mol. The lowest BCUT2D eigenvalue weighted by molar-refractivity contribution is -0.121. The lowest BCUT2D eigenvalue weighted by Gasteiger charge is -2.30. The first-order valence-electron chi connectivity index (χ1n) is 8.65. The molecule has 0 radical (unpaired) electrons. The summed E-state index contributed by atoms with van der Waals surface area (Å²) in [7, 11) is 0. The van der Waals surface area contributed by atoms with Crippen molar-refractivity contribution in [1.29, 1.82) is 0 Å². The molecule has 2 rings (SSSR count). The van der Waals surface area contributed by atoms with Crippen molar-refractivity contribution in [3.8, 4) is 0 Å². The SMILES string of the molecule is CC(C)[C@@H](NCC(=O)N[C@@H]1CCCC[C@H]1C)c1ccccc1. The molecule has 1 aliphatic carbocycles. The van der Waals surface area contributed by atoms with Crippen LogP contribution in [0.5, 0.6) is 0 Å². The molecule has 1 saturated carbocycles. The Hall–Kier alpha value is -1.35. The summed E-state index contributed by atoms with van der Waals surface area (Å²) in [5, 5.41) is 6.64. The summed E-state index contributed by atoms with van der Waals surface area (Å²) in [6.07, 6.45) is 4.90. The molecule has 1 aromatic rings. The average molecular weight is 302 g/mol.